The van der Waals surface area contributed by atoms with Gasteiger partial charge in [-0.25, -0.2) is 8.78 Å². The predicted molar refractivity (Wildman–Crippen MR) is 56.1 cm³/mol. The zero-order valence-corrected chi connectivity index (χ0v) is 8.61. The lowest BCUT2D eigenvalue weighted by molar-refractivity contribution is -0.123. The summed E-state index contributed by atoms with van der Waals surface area (Å²) in [7, 11) is 0. The lowest BCUT2D eigenvalue weighted by atomic mass is 9.97. The first-order valence-corrected chi connectivity index (χ1v) is 4.61. The van der Waals surface area contributed by atoms with E-state index in [1.54, 1.807) is 18.2 Å². The number of rotatable bonds is 4. The minimum absolute atomic E-state index is 0.0106. The molecule has 0 atom stereocenters. The molecule has 16 heavy (non-hydrogen) atoms. The van der Waals surface area contributed by atoms with E-state index in [-0.39, 0.29) is 11.1 Å². The Morgan fingerprint density at radius 1 is 1.25 bits per heavy atom. The number of Topliss-reactive ketones (excluding diaryl/α,β-unsaturated/α-hetero) is 1. The van der Waals surface area contributed by atoms with Crippen LogP contribution in [0.25, 0.3) is 5.57 Å². The van der Waals surface area contributed by atoms with Crippen LogP contribution in [0, 0.1) is 0 Å². The fourth-order valence-corrected chi connectivity index (χ4v) is 1.34. The minimum atomic E-state index is -3.11. The monoisotopic (exact) mass is 224 g/mol. The molecule has 0 heterocycles. The second-order valence-electron chi connectivity index (χ2n) is 3.21. The zero-order chi connectivity index (χ0) is 12.1. The third kappa shape index (κ3) is 2.59. The van der Waals surface area contributed by atoms with Crippen molar-refractivity contribution >= 4 is 17.6 Å². The quantitative estimate of drug-likeness (QED) is 0.581. The van der Waals surface area contributed by atoms with Crippen LogP contribution in [0.15, 0.2) is 35.9 Å². The van der Waals surface area contributed by atoms with Crippen LogP contribution in [0.4, 0.5) is 8.78 Å². The summed E-state index contributed by atoms with van der Waals surface area (Å²) in [5.41, 5.74) is 0.125. The molecule has 0 saturated carbocycles. The number of alkyl halides is 2. The Hall–Kier alpha value is -1.84. The van der Waals surface area contributed by atoms with Crippen LogP contribution in [0.1, 0.15) is 12.5 Å². The highest BCUT2D eigenvalue weighted by molar-refractivity contribution is 6.25. The average molecular weight is 224 g/mol. The normalized spacial score (nSPS) is 12.2. The standard InChI is InChI=1S/C12H10F2O2/c1-8(7-15)10(11(16)12(13)14)9-5-3-2-4-6-9/h2-7,12H,1H3/b10-8+. The second kappa shape index (κ2) is 5.30. The fraction of sp³-hybridized carbons (Fsp3) is 0.167. The molecule has 0 aliphatic carbocycles. The predicted octanol–water partition coefficient (Wildman–Crippen LogP) is 2.49. The van der Waals surface area contributed by atoms with Crippen molar-refractivity contribution in [2.45, 2.75) is 13.3 Å². The van der Waals surface area contributed by atoms with Gasteiger partial charge in [0.05, 0.1) is 0 Å². The molecule has 0 unspecified atom stereocenters. The summed E-state index contributed by atoms with van der Waals surface area (Å²) in [5.74, 6) is -1.32. The van der Waals surface area contributed by atoms with Crippen molar-refractivity contribution in [1.82, 2.24) is 0 Å². The largest absolute Gasteiger partial charge is 0.300 e. The van der Waals surface area contributed by atoms with Gasteiger partial charge in [-0.1, -0.05) is 30.3 Å². The van der Waals surface area contributed by atoms with Crippen LogP contribution in [0.5, 0.6) is 0 Å². The van der Waals surface area contributed by atoms with Crippen LogP contribution in [0.3, 0.4) is 0 Å². The van der Waals surface area contributed by atoms with Crippen molar-refractivity contribution in [2.75, 3.05) is 0 Å². The van der Waals surface area contributed by atoms with Crippen LogP contribution < -0.4 is 0 Å². The van der Waals surface area contributed by atoms with Gasteiger partial charge < -0.3 is 0 Å². The van der Waals surface area contributed by atoms with Crippen molar-refractivity contribution in [2.24, 2.45) is 0 Å². The molecular weight excluding hydrogens is 214 g/mol. The molecule has 0 N–H and O–H groups in total. The Balaban J connectivity index is 3.29. The number of allylic oxidation sites excluding steroid dienone is 2. The average Bonchev–Trinajstić information content (AvgIpc) is 2.30. The maximum absolute atomic E-state index is 12.4. The Bertz CT molecular complexity index is 422. The number of hydrogen-bond donors (Lipinski definition) is 0. The highest BCUT2D eigenvalue weighted by atomic mass is 19.3. The van der Waals surface area contributed by atoms with Crippen molar-refractivity contribution < 1.29 is 18.4 Å². The smallest absolute Gasteiger partial charge is 0.298 e. The van der Waals surface area contributed by atoms with Gasteiger partial charge >= 0.3 is 6.43 Å². The molecule has 0 saturated heterocycles. The molecule has 0 spiro atoms. The third-order valence-corrected chi connectivity index (χ3v) is 2.08. The van der Waals surface area contributed by atoms with Gasteiger partial charge in [0.15, 0.2) is 0 Å². The highest BCUT2D eigenvalue weighted by Gasteiger charge is 2.23. The van der Waals surface area contributed by atoms with E-state index in [1.165, 1.54) is 19.1 Å². The molecule has 0 aliphatic rings. The van der Waals surface area contributed by atoms with Gasteiger partial charge in [0.2, 0.25) is 5.78 Å². The molecular formula is C12H10F2O2. The number of carbonyl (C=O) groups is 2. The Morgan fingerprint density at radius 3 is 2.25 bits per heavy atom. The number of carbonyl (C=O) groups excluding carboxylic acids is 2. The first kappa shape index (κ1) is 12.2. The number of aldehydes is 1. The molecule has 0 bridgehead atoms. The lowest BCUT2D eigenvalue weighted by Crippen LogP contribution is -2.14. The highest BCUT2D eigenvalue weighted by Crippen LogP contribution is 2.21. The van der Waals surface area contributed by atoms with Crippen molar-refractivity contribution in [3.8, 4) is 0 Å². The fourth-order valence-electron chi connectivity index (χ4n) is 1.34. The van der Waals surface area contributed by atoms with Crippen molar-refractivity contribution in [3.63, 3.8) is 0 Å². The van der Waals surface area contributed by atoms with E-state index in [2.05, 4.69) is 0 Å². The van der Waals surface area contributed by atoms with Gasteiger partial charge in [-0.3, -0.25) is 9.59 Å². The van der Waals surface area contributed by atoms with Crippen LogP contribution in [-0.2, 0) is 9.59 Å². The molecule has 0 radical (unpaired) electrons. The molecule has 84 valence electrons. The summed E-state index contributed by atoms with van der Waals surface area (Å²) >= 11 is 0. The van der Waals surface area contributed by atoms with Crippen molar-refractivity contribution in [3.05, 3.63) is 41.5 Å². The van der Waals surface area contributed by atoms with Gasteiger partial charge in [-0.2, -0.15) is 0 Å². The van der Waals surface area contributed by atoms with Gasteiger partial charge in [0, 0.05) is 11.1 Å². The summed E-state index contributed by atoms with van der Waals surface area (Å²) in [4.78, 5) is 21.9. The summed E-state index contributed by atoms with van der Waals surface area (Å²) in [6, 6.07) is 7.97. The third-order valence-electron chi connectivity index (χ3n) is 2.08. The number of benzene rings is 1. The van der Waals surface area contributed by atoms with Crippen LogP contribution in [-0.4, -0.2) is 18.5 Å². The molecule has 4 heteroatoms. The molecule has 0 fully saturated rings. The first-order chi connectivity index (χ1) is 7.57. The van der Waals surface area contributed by atoms with Gasteiger partial charge in [-0.05, 0) is 12.5 Å². The molecule has 0 amide bonds. The Kier molecular flexibility index (Phi) is 4.05. The topological polar surface area (TPSA) is 34.1 Å². The summed E-state index contributed by atoms with van der Waals surface area (Å²) in [6.45, 7) is 1.34. The van der Waals surface area contributed by atoms with Gasteiger partial charge in [0.1, 0.15) is 6.29 Å². The minimum Gasteiger partial charge on any atom is -0.298 e. The van der Waals surface area contributed by atoms with E-state index in [0.717, 1.165) is 0 Å². The maximum atomic E-state index is 12.4. The van der Waals surface area contributed by atoms with E-state index in [1.807, 2.05) is 0 Å². The second-order valence-corrected chi connectivity index (χ2v) is 3.21. The van der Waals surface area contributed by atoms with Crippen LogP contribution >= 0.6 is 0 Å². The first-order valence-electron chi connectivity index (χ1n) is 4.61. The zero-order valence-electron chi connectivity index (χ0n) is 8.61. The lowest BCUT2D eigenvalue weighted by Gasteiger charge is -2.07. The number of halogens is 2. The maximum Gasteiger partial charge on any atom is 0.300 e. The Morgan fingerprint density at radius 2 is 1.81 bits per heavy atom. The summed E-state index contributed by atoms with van der Waals surface area (Å²) < 4.78 is 24.7. The summed E-state index contributed by atoms with van der Waals surface area (Å²) in [5, 5.41) is 0. The molecule has 1 rings (SSSR count). The molecule has 1 aromatic rings. The van der Waals surface area contributed by atoms with E-state index in [9.17, 15) is 18.4 Å². The van der Waals surface area contributed by atoms with Crippen molar-refractivity contribution in [1.29, 1.82) is 0 Å². The molecule has 1 aromatic carbocycles. The van der Waals surface area contributed by atoms with Crippen LogP contribution in [0.2, 0.25) is 0 Å². The van der Waals surface area contributed by atoms with E-state index < -0.39 is 12.2 Å². The molecule has 2 nitrogen and oxygen atoms in total. The van der Waals surface area contributed by atoms with Gasteiger partial charge in [-0.15, -0.1) is 0 Å². The molecule has 0 aromatic heterocycles. The van der Waals surface area contributed by atoms with E-state index in [4.69, 9.17) is 0 Å². The molecule has 0 aliphatic heterocycles. The van der Waals surface area contributed by atoms with Gasteiger partial charge in [0.25, 0.3) is 0 Å². The van der Waals surface area contributed by atoms with E-state index >= 15 is 0 Å². The SMILES string of the molecule is C/C(C=O)=C(\C(=O)C(F)F)c1ccccc1. The number of ketones is 1. The summed E-state index contributed by atoms with van der Waals surface area (Å²) in [6.07, 6.45) is -2.70. The Labute approximate surface area is 91.6 Å². The van der Waals surface area contributed by atoms with E-state index in [0.29, 0.717) is 11.8 Å². The number of hydrogen-bond acceptors (Lipinski definition) is 2.